The molecule has 0 spiro atoms. The first-order valence-corrected chi connectivity index (χ1v) is 8.08. The minimum Gasteiger partial charge on any atom is -0.458 e. The lowest BCUT2D eigenvalue weighted by Gasteiger charge is -2.27. The number of rotatable bonds is 4. The second-order valence-corrected chi connectivity index (χ2v) is 6.27. The fourth-order valence-electron chi connectivity index (χ4n) is 2.96. The maximum Gasteiger partial charge on any atom is 0.334 e. The molecule has 3 atom stereocenters. The number of carbonyl (C=O) groups is 3. The fraction of sp³-hybridized carbons (Fsp3) is 0.421. The highest BCUT2D eigenvalue weighted by Crippen LogP contribution is 2.36. The molecule has 2 rings (SSSR count). The average Bonchev–Trinajstić information content (AvgIpc) is 2.85. The molecule has 2 aliphatic rings. The number of carbonyl (C=O) groups excluding carboxylic acids is 3. The van der Waals surface area contributed by atoms with Gasteiger partial charge in [0.25, 0.3) is 0 Å². The van der Waals surface area contributed by atoms with E-state index in [0.29, 0.717) is 30.3 Å². The molecule has 25 heavy (non-hydrogen) atoms. The Morgan fingerprint density at radius 1 is 1.52 bits per heavy atom. The van der Waals surface area contributed by atoms with Gasteiger partial charge in [-0.05, 0) is 37.0 Å². The number of esters is 2. The van der Waals surface area contributed by atoms with Crippen molar-refractivity contribution >= 4 is 18.2 Å². The van der Waals surface area contributed by atoms with E-state index >= 15 is 0 Å². The zero-order chi connectivity index (χ0) is 18.6. The van der Waals surface area contributed by atoms with Crippen molar-refractivity contribution in [2.75, 3.05) is 6.61 Å². The lowest BCUT2D eigenvalue weighted by molar-refractivity contribution is -0.147. The Morgan fingerprint density at radius 2 is 2.24 bits per heavy atom. The fourth-order valence-corrected chi connectivity index (χ4v) is 2.96. The van der Waals surface area contributed by atoms with Crippen molar-refractivity contribution < 1.29 is 29.0 Å². The number of aldehydes is 1. The third-order valence-corrected chi connectivity index (χ3v) is 4.33. The van der Waals surface area contributed by atoms with Crippen molar-refractivity contribution in [1.29, 1.82) is 0 Å². The summed E-state index contributed by atoms with van der Waals surface area (Å²) in [6, 6.07) is 0. The number of hydrogen-bond acceptors (Lipinski definition) is 6. The maximum atomic E-state index is 12.0. The van der Waals surface area contributed by atoms with E-state index in [0.717, 1.165) is 0 Å². The molecule has 0 amide bonds. The van der Waals surface area contributed by atoms with Crippen LogP contribution in [0.2, 0.25) is 0 Å². The van der Waals surface area contributed by atoms with Crippen molar-refractivity contribution in [3.05, 3.63) is 47.6 Å². The Bertz CT molecular complexity index is 669. The molecule has 1 N–H and O–H groups in total. The van der Waals surface area contributed by atoms with Crippen LogP contribution in [0.5, 0.6) is 0 Å². The van der Waals surface area contributed by atoms with E-state index in [2.05, 4.69) is 13.2 Å². The molecule has 6 heteroatoms. The van der Waals surface area contributed by atoms with Gasteiger partial charge in [0, 0.05) is 17.6 Å². The van der Waals surface area contributed by atoms with Crippen LogP contribution in [0.4, 0.5) is 0 Å². The van der Waals surface area contributed by atoms with Gasteiger partial charge in [0.2, 0.25) is 0 Å². The van der Waals surface area contributed by atoms with Crippen molar-refractivity contribution in [3.8, 4) is 0 Å². The zero-order valence-corrected chi connectivity index (χ0v) is 14.2. The molecule has 6 nitrogen and oxygen atoms in total. The number of aliphatic hydroxyl groups excluding tert-OH is 1. The smallest absolute Gasteiger partial charge is 0.334 e. The number of fused-ring (bicyclic) bond motifs is 1. The third-order valence-electron chi connectivity index (χ3n) is 4.33. The second kappa shape index (κ2) is 8.07. The molecule has 0 aromatic heterocycles. The van der Waals surface area contributed by atoms with Crippen molar-refractivity contribution in [2.24, 2.45) is 5.92 Å². The highest BCUT2D eigenvalue weighted by Gasteiger charge is 2.44. The van der Waals surface area contributed by atoms with Crippen molar-refractivity contribution in [1.82, 2.24) is 0 Å². The molecule has 1 heterocycles. The molecule has 1 aliphatic heterocycles. The normalized spacial score (nSPS) is 30.9. The summed E-state index contributed by atoms with van der Waals surface area (Å²) < 4.78 is 10.8. The van der Waals surface area contributed by atoms with Gasteiger partial charge in [0.1, 0.15) is 18.5 Å². The van der Waals surface area contributed by atoms with E-state index in [4.69, 9.17) is 9.47 Å². The summed E-state index contributed by atoms with van der Waals surface area (Å²) >= 11 is 0. The van der Waals surface area contributed by atoms with Gasteiger partial charge in [-0.25, -0.2) is 9.59 Å². The Hall–Kier alpha value is -2.47. The minimum atomic E-state index is -0.793. The Kier molecular flexibility index (Phi) is 6.09. The van der Waals surface area contributed by atoms with Crippen molar-refractivity contribution in [3.63, 3.8) is 0 Å². The second-order valence-electron chi connectivity index (χ2n) is 6.27. The molecule has 0 radical (unpaired) electrons. The van der Waals surface area contributed by atoms with E-state index in [9.17, 15) is 19.5 Å². The first-order chi connectivity index (χ1) is 11.9. The van der Waals surface area contributed by atoms with E-state index in [-0.39, 0.29) is 24.2 Å². The van der Waals surface area contributed by atoms with Crippen LogP contribution in [0.3, 0.4) is 0 Å². The predicted molar refractivity (Wildman–Crippen MR) is 90.4 cm³/mol. The van der Waals surface area contributed by atoms with Gasteiger partial charge in [-0.15, -0.1) is 0 Å². The van der Waals surface area contributed by atoms with Gasteiger partial charge in [0.05, 0.1) is 12.5 Å². The Labute approximate surface area is 146 Å². The molecule has 1 saturated heterocycles. The lowest BCUT2D eigenvalue weighted by atomic mass is 9.85. The van der Waals surface area contributed by atoms with Gasteiger partial charge < -0.3 is 14.6 Å². The molecular formula is C19H22O6. The molecule has 0 bridgehead atoms. The van der Waals surface area contributed by atoms with Gasteiger partial charge >= 0.3 is 11.9 Å². The molecule has 1 aliphatic carbocycles. The molecule has 1 fully saturated rings. The SMILES string of the molecule is C=C(C)C(=O)O[C@H]1C/C(C=O)=C/CC/C(CO)=C\[C@H]2OC(=O)C(=C)[C@H]12. The highest BCUT2D eigenvalue weighted by atomic mass is 16.6. The molecule has 0 unspecified atom stereocenters. The standard InChI is InChI=1S/C19H22O6/c1-11(2)18(22)24-15-7-13(9-20)5-4-6-14(10-21)8-16-17(15)12(3)19(23)25-16/h5,8-9,15-17,21H,1,3-4,6-7,10H2,2H3/b13-5-,14-8+/t15-,16+,17+/m0/s1. The summed E-state index contributed by atoms with van der Waals surface area (Å²) in [5, 5.41) is 9.51. The van der Waals surface area contributed by atoms with Crippen LogP contribution in [-0.2, 0) is 23.9 Å². The quantitative estimate of drug-likeness (QED) is 0.361. The maximum absolute atomic E-state index is 12.0. The topological polar surface area (TPSA) is 89.9 Å². The molecule has 134 valence electrons. The van der Waals surface area contributed by atoms with Crippen LogP contribution in [0, 0.1) is 5.92 Å². The van der Waals surface area contributed by atoms with E-state index in [1.54, 1.807) is 12.2 Å². The summed E-state index contributed by atoms with van der Waals surface area (Å²) in [5.41, 5.74) is 1.55. The number of hydrogen-bond donors (Lipinski definition) is 1. The first kappa shape index (κ1) is 18.9. The minimum absolute atomic E-state index is 0.154. The molecular weight excluding hydrogens is 324 g/mol. The van der Waals surface area contributed by atoms with E-state index < -0.39 is 30.1 Å². The monoisotopic (exact) mass is 346 g/mol. The van der Waals surface area contributed by atoms with E-state index in [1.165, 1.54) is 6.92 Å². The average molecular weight is 346 g/mol. The van der Waals surface area contributed by atoms with Gasteiger partial charge in [0.15, 0.2) is 0 Å². The summed E-state index contributed by atoms with van der Waals surface area (Å²) in [5.74, 6) is -1.81. The van der Waals surface area contributed by atoms with Gasteiger partial charge in [-0.3, -0.25) is 4.79 Å². The number of ether oxygens (including phenoxy) is 2. The van der Waals surface area contributed by atoms with Crippen LogP contribution in [0.25, 0.3) is 0 Å². The van der Waals surface area contributed by atoms with Gasteiger partial charge in [-0.2, -0.15) is 0 Å². The number of aliphatic hydroxyl groups is 1. The summed E-state index contributed by atoms with van der Waals surface area (Å²) in [6.07, 6.45) is 3.89. The molecule has 0 aromatic rings. The van der Waals surface area contributed by atoms with Crippen molar-refractivity contribution in [2.45, 2.75) is 38.4 Å². The largest absolute Gasteiger partial charge is 0.458 e. The Balaban J connectivity index is 2.45. The zero-order valence-electron chi connectivity index (χ0n) is 14.2. The Morgan fingerprint density at radius 3 is 2.84 bits per heavy atom. The summed E-state index contributed by atoms with van der Waals surface area (Å²) in [4.78, 5) is 35.4. The van der Waals surface area contributed by atoms with Crippen LogP contribution >= 0.6 is 0 Å². The van der Waals surface area contributed by atoms with Crippen LogP contribution < -0.4 is 0 Å². The predicted octanol–water partition coefficient (Wildman–Crippen LogP) is 1.80. The highest BCUT2D eigenvalue weighted by molar-refractivity contribution is 5.92. The molecule has 0 saturated carbocycles. The summed E-state index contributed by atoms with van der Waals surface area (Å²) in [6.45, 7) is 8.65. The lowest BCUT2D eigenvalue weighted by Crippen LogP contribution is -2.34. The van der Waals surface area contributed by atoms with Crippen LogP contribution in [0.15, 0.2) is 47.6 Å². The van der Waals surface area contributed by atoms with Gasteiger partial charge in [-0.1, -0.05) is 19.2 Å². The first-order valence-electron chi connectivity index (χ1n) is 8.08. The van der Waals surface area contributed by atoms with Crippen LogP contribution in [0.1, 0.15) is 26.2 Å². The van der Waals surface area contributed by atoms with E-state index in [1.807, 2.05) is 0 Å². The van der Waals surface area contributed by atoms with Crippen LogP contribution in [-0.4, -0.2) is 42.1 Å². The third kappa shape index (κ3) is 4.33. The molecule has 0 aromatic carbocycles. The number of allylic oxidation sites excluding steroid dienone is 1. The summed E-state index contributed by atoms with van der Waals surface area (Å²) in [7, 11) is 0.